The van der Waals surface area contributed by atoms with E-state index in [4.69, 9.17) is 9.47 Å². The molecule has 0 heterocycles. The minimum atomic E-state index is -0.205. The average molecular weight is 281 g/mol. The number of methoxy groups -OCH3 is 2. The summed E-state index contributed by atoms with van der Waals surface area (Å²) >= 11 is 0. The van der Waals surface area contributed by atoms with Crippen LogP contribution in [0.4, 0.5) is 0 Å². The molecule has 5 nitrogen and oxygen atoms in total. The number of esters is 1. The molecular weight excluding hydrogens is 258 g/mol. The molecule has 0 aliphatic rings. The number of carbonyl (C=O) groups excluding carboxylic acids is 1. The van der Waals surface area contributed by atoms with Crippen molar-refractivity contribution in [2.75, 3.05) is 34.0 Å². The van der Waals surface area contributed by atoms with E-state index in [1.165, 1.54) is 7.11 Å². The largest absolute Gasteiger partial charge is 0.493 e. The molecule has 0 aromatic heterocycles. The molecule has 0 bridgehead atoms. The lowest BCUT2D eigenvalue weighted by Gasteiger charge is -2.12. The van der Waals surface area contributed by atoms with E-state index in [-0.39, 0.29) is 5.97 Å². The summed E-state index contributed by atoms with van der Waals surface area (Å²) < 4.78 is 15.3. The molecule has 0 amide bonds. The van der Waals surface area contributed by atoms with E-state index in [9.17, 15) is 4.79 Å². The first-order valence-electron chi connectivity index (χ1n) is 6.75. The van der Waals surface area contributed by atoms with Crippen molar-refractivity contribution in [1.82, 2.24) is 5.32 Å². The second-order valence-electron chi connectivity index (χ2n) is 4.31. The second-order valence-corrected chi connectivity index (χ2v) is 4.31. The summed E-state index contributed by atoms with van der Waals surface area (Å²) in [4.78, 5) is 11.0. The molecule has 1 aromatic carbocycles. The topological polar surface area (TPSA) is 56.8 Å². The third kappa shape index (κ3) is 6.54. The van der Waals surface area contributed by atoms with Gasteiger partial charge in [-0.3, -0.25) is 4.79 Å². The molecule has 0 aliphatic heterocycles. The van der Waals surface area contributed by atoms with Crippen molar-refractivity contribution in [1.29, 1.82) is 0 Å². The maximum atomic E-state index is 11.0. The minimum Gasteiger partial charge on any atom is -0.493 e. The third-order valence-electron chi connectivity index (χ3n) is 2.78. The predicted octanol–water partition coefficient (Wildman–Crippen LogP) is 1.75. The summed E-state index contributed by atoms with van der Waals surface area (Å²) in [5, 5.41) is 3.28. The molecule has 112 valence electrons. The molecular formula is C15H23NO4. The van der Waals surface area contributed by atoms with E-state index in [1.807, 2.05) is 24.3 Å². The predicted molar refractivity (Wildman–Crippen MR) is 76.8 cm³/mol. The number of ether oxygens (including phenoxy) is 3. The van der Waals surface area contributed by atoms with Crippen molar-refractivity contribution in [2.45, 2.75) is 19.4 Å². The number of hydrogen-bond donors (Lipinski definition) is 1. The van der Waals surface area contributed by atoms with Gasteiger partial charge < -0.3 is 19.5 Å². The standard InChI is InChI=1S/C15H23NO4/c1-18-11-9-16-12-13-6-3-4-7-14(13)20-10-5-8-15(17)19-2/h3-4,6-7,16H,5,8-12H2,1-2H3. The molecule has 0 atom stereocenters. The van der Waals surface area contributed by atoms with Crippen molar-refractivity contribution < 1.29 is 19.0 Å². The van der Waals surface area contributed by atoms with Gasteiger partial charge in [-0.05, 0) is 12.5 Å². The molecule has 0 unspecified atom stereocenters. The SMILES string of the molecule is COCCNCc1ccccc1OCCCC(=O)OC. The number of carbonyl (C=O) groups is 1. The maximum absolute atomic E-state index is 11.0. The fourth-order valence-electron chi connectivity index (χ4n) is 1.69. The van der Waals surface area contributed by atoms with Gasteiger partial charge in [-0.15, -0.1) is 0 Å². The van der Waals surface area contributed by atoms with Crippen LogP contribution in [0.2, 0.25) is 0 Å². The second kappa shape index (κ2) is 10.2. The molecule has 0 saturated carbocycles. The summed E-state index contributed by atoms with van der Waals surface area (Å²) in [5.41, 5.74) is 1.10. The van der Waals surface area contributed by atoms with Gasteiger partial charge in [0.15, 0.2) is 0 Å². The molecule has 0 spiro atoms. The third-order valence-corrected chi connectivity index (χ3v) is 2.78. The van der Waals surface area contributed by atoms with Crippen LogP contribution in [0, 0.1) is 0 Å². The molecule has 0 aliphatic carbocycles. The van der Waals surface area contributed by atoms with Crippen molar-refractivity contribution in [2.24, 2.45) is 0 Å². The number of benzene rings is 1. The van der Waals surface area contributed by atoms with Gasteiger partial charge >= 0.3 is 5.97 Å². The van der Waals surface area contributed by atoms with Crippen LogP contribution in [0.3, 0.4) is 0 Å². The van der Waals surface area contributed by atoms with Gasteiger partial charge in [0.1, 0.15) is 5.75 Å². The van der Waals surface area contributed by atoms with E-state index >= 15 is 0 Å². The lowest BCUT2D eigenvalue weighted by atomic mass is 10.2. The normalized spacial score (nSPS) is 10.3. The first-order chi connectivity index (χ1) is 9.77. The lowest BCUT2D eigenvalue weighted by Crippen LogP contribution is -2.19. The summed E-state index contributed by atoms with van der Waals surface area (Å²) in [6.45, 7) is 2.72. The number of hydrogen-bond acceptors (Lipinski definition) is 5. The highest BCUT2D eigenvalue weighted by Gasteiger charge is 2.04. The fourth-order valence-corrected chi connectivity index (χ4v) is 1.69. The Labute approximate surface area is 120 Å². The summed E-state index contributed by atoms with van der Waals surface area (Å²) in [6, 6.07) is 7.88. The Kier molecular flexibility index (Phi) is 8.42. The van der Waals surface area contributed by atoms with Crippen LogP contribution in [0.15, 0.2) is 24.3 Å². The van der Waals surface area contributed by atoms with E-state index in [2.05, 4.69) is 10.1 Å². The Balaban J connectivity index is 2.34. The minimum absolute atomic E-state index is 0.205. The van der Waals surface area contributed by atoms with Gasteiger partial charge in [0, 0.05) is 32.2 Å². The molecule has 5 heteroatoms. The van der Waals surface area contributed by atoms with Crippen LogP contribution >= 0.6 is 0 Å². The lowest BCUT2D eigenvalue weighted by molar-refractivity contribution is -0.140. The van der Waals surface area contributed by atoms with Crippen molar-refractivity contribution in [3.63, 3.8) is 0 Å². The quantitative estimate of drug-likeness (QED) is 0.523. The van der Waals surface area contributed by atoms with Crippen molar-refractivity contribution in [3.05, 3.63) is 29.8 Å². The van der Waals surface area contributed by atoms with Crippen LogP contribution in [0.5, 0.6) is 5.75 Å². The first kappa shape index (κ1) is 16.5. The first-order valence-corrected chi connectivity index (χ1v) is 6.75. The van der Waals surface area contributed by atoms with E-state index in [0.717, 1.165) is 24.4 Å². The molecule has 0 saturated heterocycles. The molecule has 1 N–H and O–H groups in total. The molecule has 1 aromatic rings. The van der Waals surface area contributed by atoms with Crippen LogP contribution in [-0.4, -0.2) is 39.9 Å². The fraction of sp³-hybridized carbons (Fsp3) is 0.533. The van der Waals surface area contributed by atoms with Crippen LogP contribution < -0.4 is 10.1 Å². The average Bonchev–Trinajstić information content (AvgIpc) is 2.49. The van der Waals surface area contributed by atoms with E-state index in [0.29, 0.717) is 26.1 Å². The van der Waals surface area contributed by atoms with Gasteiger partial charge in [0.2, 0.25) is 0 Å². The number of para-hydroxylation sites is 1. The molecule has 0 radical (unpaired) electrons. The number of nitrogens with one attached hydrogen (secondary N) is 1. The highest BCUT2D eigenvalue weighted by atomic mass is 16.5. The highest BCUT2D eigenvalue weighted by Crippen LogP contribution is 2.18. The van der Waals surface area contributed by atoms with Crippen LogP contribution in [-0.2, 0) is 20.8 Å². The van der Waals surface area contributed by atoms with Crippen LogP contribution in [0.25, 0.3) is 0 Å². The van der Waals surface area contributed by atoms with Gasteiger partial charge in [0.05, 0.1) is 20.3 Å². The maximum Gasteiger partial charge on any atom is 0.305 e. The zero-order chi connectivity index (χ0) is 14.6. The van der Waals surface area contributed by atoms with Crippen LogP contribution in [0.1, 0.15) is 18.4 Å². The zero-order valence-electron chi connectivity index (χ0n) is 12.2. The van der Waals surface area contributed by atoms with Gasteiger partial charge in [-0.25, -0.2) is 0 Å². The highest BCUT2D eigenvalue weighted by molar-refractivity contribution is 5.69. The Hall–Kier alpha value is -1.59. The van der Waals surface area contributed by atoms with E-state index in [1.54, 1.807) is 7.11 Å². The van der Waals surface area contributed by atoms with Crippen molar-refractivity contribution >= 4 is 5.97 Å². The molecule has 1 rings (SSSR count). The summed E-state index contributed by atoms with van der Waals surface area (Å²) in [6.07, 6.45) is 1.03. The van der Waals surface area contributed by atoms with Crippen molar-refractivity contribution in [3.8, 4) is 5.75 Å². The van der Waals surface area contributed by atoms with E-state index < -0.39 is 0 Å². The Bertz CT molecular complexity index is 395. The summed E-state index contributed by atoms with van der Waals surface area (Å²) in [5.74, 6) is 0.644. The number of rotatable bonds is 10. The zero-order valence-corrected chi connectivity index (χ0v) is 12.2. The molecule has 20 heavy (non-hydrogen) atoms. The Morgan fingerprint density at radius 3 is 2.75 bits per heavy atom. The van der Waals surface area contributed by atoms with Gasteiger partial charge in [-0.1, -0.05) is 18.2 Å². The Morgan fingerprint density at radius 1 is 1.20 bits per heavy atom. The van der Waals surface area contributed by atoms with Gasteiger partial charge in [0.25, 0.3) is 0 Å². The monoisotopic (exact) mass is 281 g/mol. The smallest absolute Gasteiger partial charge is 0.305 e. The van der Waals surface area contributed by atoms with Gasteiger partial charge in [-0.2, -0.15) is 0 Å². The Morgan fingerprint density at radius 2 is 2.00 bits per heavy atom. The summed E-state index contributed by atoms with van der Waals surface area (Å²) in [7, 11) is 3.07. The molecule has 0 fully saturated rings.